The minimum Gasteiger partial charge on any atom is -0.305 e. The van der Waals surface area contributed by atoms with Gasteiger partial charge in [-0.05, 0) is 75.5 Å². The second-order valence-corrected chi connectivity index (χ2v) is 6.76. The Balaban J connectivity index is 2.59. The van der Waals surface area contributed by atoms with Crippen LogP contribution >= 0.6 is 31.9 Å². The average Bonchev–Trinajstić information content (AvgIpc) is 2.37. The van der Waals surface area contributed by atoms with Crippen LogP contribution in [0.15, 0.2) is 33.3 Å². The number of halogens is 3. The van der Waals surface area contributed by atoms with E-state index in [1.54, 1.807) is 12.3 Å². The molecular weight excluding hydrogens is 399 g/mol. The fraction of sp³-hybridized carbons (Fsp3) is 0.312. The van der Waals surface area contributed by atoms with Crippen molar-refractivity contribution in [3.63, 3.8) is 0 Å². The molecule has 5 heteroatoms. The van der Waals surface area contributed by atoms with E-state index < -0.39 is 0 Å². The number of nitrogens with zero attached hydrogens (tertiary/aromatic N) is 1. The van der Waals surface area contributed by atoms with Crippen LogP contribution in [0.1, 0.15) is 35.3 Å². The summed E-state index contributed by atoms with van der Waals surface area (Å²) in [5.41, 5.74) is 3.28. The lowest BCUT2D eigenvalue weighted by molar-refractivity contribution is 0.547. The van der Waals surface area contributed by atoms with Gasteiger partial charge in [0.2, 0.25) is 0 Å². The van der Waals surface area contributed by atoms with E-state index in [1.165, 1.54) is 0 Å². The van der Waals surface area contributed by atoms with Crippen molar-refractivity contribution in [3.8, 4) is 0 Å². The lowest BCUT2D eigenvalue weighted by atomic mass is 9.96. The highest BCUT2D eigenvalue weighted by atomic mass is 79.9. The summed E-state index contributed by atoms with van der Waals surface area (Å²) in [6.45, 7) is 6.56. The molecule has 1 atom stereocenters. The van der Waals surface area contributed by atoms with Crippen LogP contribution in [0.25, 0.3) is 0 Å². The van der Waals surface area contributed by atoms with Crippen LogP contribution in [0.3, 0.4) is 0 Å². The van der Waals surface area contributed by atoms with Gasteiger partial charge in [-0.2, -0.15) is 0 Å². The number of hydrogen-bond donors (Lipinski definition) is 1. The molecule has 0 aliphatic carbocycles. The molecule has 0 aliphatic heterocycles. The fourth-order valence-electron chi connectivity index (χ4n) is 2.47. The third-order valence-electron chi connectivity index (χ3n) is 3.29. The molecule has 1 aromatic heterocycles. The Bertz CT molecular complexity index is 636. The molecule has 1 aromatic carbocycles. The van der Waals surface area contributed by atoms with Gasteiger partial charge in [-0.3, -0.25) is 4.98 Å². The zero-order valence-electron chi connectivity index (χ0n) is 12.2. The SMILES string of the molecule is CCNC(c1ncc(Br)cc1Br)c1c(C)cc(C)cc1F. The molecular formula is C16H17Br2FN2. The molecule has 1 heterocycles. The first kappa shape index (κ1) is 16.6. The minimum atomic E-state index is -0.280. The normalized spacial score (nSPS) is 12.5. The van der Waals surface area contributed by atoms with E-state index in [9.17, 15) is 4.39 Å². The van der Waals surface area contributed by atoms with Crippen molar-refractivity contribution in [1.82, 2.24) is 10.3 Å². The molecule has 112 valence electrons. The van der Waals surface area contributed by atoms with Gasteiger partial charge in [0.15, 0.2) is 0 Å². The Morgan fingerprint density at radius 2 is 1.95 bits per heavy atom. The van der Waals surface area contributed by atoms with Crippen molar-refractivity contribution in [2.45, 2.75) is 26.8 Å². The first-order valence-corrected chi connectivity index (χ1v) is 8.33. The number of aromatic nitrogens is 1. The quantitative estimate of drug-likeness (QED) is 0.754. The Morgan fingerprint density at radius 1 is 1.24 bits per heavy atom. The number of aryl methyl sites for hydroxylation is 2. The number of pyridine rings is 1. The van der Waals surface area contributed by atoms with E-state index in [2.05, 4.69) is 42.2 Å². The van der Waals surface area contributed by atoms with Crippen LogP contribution in [0.2, 0.25) is 0 Å². The van der Waals surface area contributed by atoms with Crippen molar-refractivity contribution >= 4 is 31.9 Å². The third-order valence-corrected chi connectivity index (χ3v) is 4.36. The molecule has 0 saturated carbocycles. The maximum Gasteiger partial charge on any atom is 0.128 e. The summed E-state index contributed by atoms with van der Waals surface area (Å²) < 4.78 is 16.2. The average molecular weight is 416 g/mol. The molecule has 0 radical (unpaired) electrons. The highest BCUT2D eigenvalue weighted by Crippen LogP contribution is 2.32. The van der Waals surface area contributed by atoms with Gasteiger partial charge in [-0.25, -0.2) is 4.39 Å². The second-order valence-electron chi connectivity index (χ2n) is 4.99. The summed E-state index contributed by atoms with van der Waals surface area (Å²) in [4.78, 5) is 4.45. The van der Waals surface area contributed by atoms with Gasteiger partial charge in [0.05, 0.1) is 11.7 Å². The zero-order valence-corrected chi connectivity index (χ0v) is 15.3. The lowest BCUT2D eigenvalue weighted by Gasteiger charge is -2.22. The first-order valence-electron chi connectivity index (χ1n) is 6.75. The van der Waals surface area contributed by atoms with Gasteiger partial charge in [0, 0.05) is 20.7 Å². The number of nitrogens with one attached hydrogen (secondary N) is 1. The maximum absolute atomic E-state index is 14.5. The van der Waals surface area contributed by atoms with Crippen LogP contribution < -0.4 is 5.32 Å². The van der Waals surface area contributed by atoms with Crippen LogP contribution in [0.4, 0.5) is 4.39 Å². The molecule has 0 fully saturated rings. The van der Waals surface area contributed by atoms with Gasteiger partial charge < -0.3 is 5.32 Å². The Hall–Kier alpha value is -0.780. The standard InChI is InChI=1S/C16H17Br2FN2/c1-4-20-16(15-12(18)7-11(17)8-21-15)14-10(3)5-9(2)6-13(14)19/h5-8,16,20H,4H2,1-3H3. The Morgan fingerprint density at radius 3 is 2.52 bits per heavy atom. The highest BCUT2D eigenvalue weighted by molar-refractivity contribution is 9.11. The largest absolute Gasteiger partial charge is 0.305 e. The van der Waals surface area contributed by atoms with Crippen LogP contribution in [-0.4, -0.2) is 11.5 Å². The zero-order chi connectivity index (χ0) is 15.6. The second kappa shape index (κ2) is 6.99. The molecule has 21 heavy (non-hydrogen) atoms. The van der Waals surface area contributed by atoms with Gasteiger partial charge in [0.25, 0.3) is 0 Å². The highest BCUT2D eigenvalue weighted by Gasteiger charge is 2.23. The summed E-state index contributed by atoms with van der Waals surface area (Å²) in [6.07, 6.45) is 1.73. The smallest absolute Gasteiger partial charge is 0.128 e. The summed E-state index contributed by atoms with van der Waals surface area (Å²) in [7, 11) is 0. The van der Waals surface area contributed by atoms with Crippen molar-refractivity contribution in [1.29, 1.82) is 0 Å². The molecule has 2 aromatic rings. The van der Waals surface area contributed by atoms with Crippen LogP contribution in [-0.2, 0) is 0 Å². The molecule has 2 nitrogen and oxygen atoms in total. The van der Waals surface area contributed by atoms with Gasteiger partial charge in [-0.15, -0.1) is 0 Å². The molecule has 0 spiro atoms. The van der Waals surface area contributed by atoms with E-state index in [1.807, 2.05) is 32.9 Å². The van der Waals surface area contributed by atoms with Gasteiger partial charge in [0.1, 0.15) is 5.82 Å². The number of hydrogen-bond acceptors (Lipinski definition) is 2. The maximum atomic E-state index is 14.5. The van der Waals surface area contributed by atoms with E-state index in [-0.39, 0.29) is 11.9 Å². The monoisotopic (exact) mass is 414 g/mol. The van der Waals surface area contributed by atoms with E-state index in [0.717, 1.165) is 32.3 Å². The predicted molar refractivity (Wildman–Crippen MR) is 91.0 cm³/mol. The summed E-state index contributed by atoms with van der Waals surface area (Å²) in [5, 5.41) is 3.33. The van der Waals surface area contributed by atoms with Crippen LogP contribution in [0.5, 0.6) is 0 Å². The van der Waals surface area contributed by atoms with Gasteiger partial charge >= 0.3 is 0 Å². The number of benzene rings is 1. The van der Waals surface area contributed by atoms with Crippen molar-refractivity contribution in [2.75, 3.05) is 6.54 Å². The van der Waals surface area contributed by atoms with Crippen LogP contribution in [0, 0.1) is 19.7 Å². The van der Waals surface area contributed by atoms with E-state index in [4.69, 9.17) is 0 Å². The first-order chi connectivity index (χ1) is 9.93. The molecule has 0 aliphatic rings. The Labute approximate surface area is 141 Å². The summed E-state index contributed by atoms with van der Waals surface area (Å²) >= 11 is 6.92. The molecule has 0 saturated heterocycles. The van der Waals surface area contributed by atoms with Crippen molar-refractivity contribution in [3.05, 3.63) is 61.5 Å². The minimum absolute atomic E-state index is 0.199. The fourth-order valence-corrected chi connectivity index (χ4v) is 3.69. The Kier molecular flexibility index (Phi) is 5.52. The lowest BCUT2D eigenvalue weighted by Crippen LogP contribution is -2.25. The van der Waals surface area contributed by atoms with E-state index >= 15 is 0 Å². The predicted octanol–water partition coefficient (Wildman–Crippen LogP) is 5.06. The topological polar surface area (TPSA) is 24.9 Å². The van der Waals surface area contributed by atoms with Gasteiger partial charge in [-0.1, -0.05) is 13.0 Å². The summed E-state index contributed by atoms with van der Waals surface area (Å²) in [5.74, 6) is -0.199. The molecule has 0 amide bonds. The number of rotatable bonds is 4. The molecule has 1 unspecified atom stereocenters. The molecule has 0 bridgehead atoms. The third kappa shape index (κ3) is 3.71. The molecule has 2 rings (SSSR count). The van der Waals surface area contributed by atoms with Crippen molar-refractivity contribution in [2.24, 2.45) is 0 Å². The van der Waals surface area contributed by atoms with Crippen molar-refractivity contribution < 1.29 is 4.39 Å². The van der Waals surface area contributed by atoms with E-state index in [0.29, 0.717) is 5.56 Å². The summed E-state index contributed by atoms with van der Waals surface area (Å²) in [6, 6.07) is 5.21. The molecule has 1 N–H and O–H groups in total.